The largest absolute Gasteiger partial charge is 0.495 e. The van der Waals surface area contributed by atoms with Crippen LogP contribution in [0.2, 0.25) is 0 Å². The van der Waals surface area contributed by atoms with Gasteiger partial charge in [0.15, 0.2) is 0 Å². The van der Waals surface area contributed by atoms with E-state index in [0.29, 0.717) is 90.0 Å². The third kappa shape index (κ3) is 35.4. The maximum absolute atomic E-state index is 13.2. The first-order chi connectivity index (χ1) is 68.7. The Kier molecular flexibility index (Phi) is 44.6. The fourth-order valence-electron chi connectivity index (χ4n) is 14.8. The Hall–Kier alpha value is -15.3. The van der Waals surface area contributed by atoms with Crippen molar-refractivity contribution in [2.75, 3.05) is 88.3 Å². The molecule has 0 atom stereocenters. The number of methoxy groups -OCH3 is 7. The average Bonchev–Trinajstić information content (AvgIpc) is 1.63. The van der Waals surface area contributed by atoms with E-state index in [-0.39, 0.29) is 35.7 Å². The summed E-state index contributed by atoms with van der Waals surface area (Å²) in [6.45, 7) is 32.1. The highest BCUT2D eigenvalue weighted by atomic mass is 32.1. The molecule has 5 amide bonds. The number of para-hydroxylation sites is 5. The van der Waals surface area contributed by atoms with E-state index in [0.717, 1.165) is 127 Å². The van der Waals surface area contributed by atoms with Gasteiger partial charge in [0.1, 0.15) is 85.6 Å². The minimum absolute atomic E-state index is 0.0177. The van der Waals surface area contributed by atoms with Crippen LogP contribution in [0.4, 0.5) is 80.0 Å². The van der Waals surface area contributed by atoms with Crippen molar-refractivity contribution < 1.29 is 112 Å². The van der Waals surface area contributed by atoms with Gasteiger partial charge in [-0.15, -0.1) is 0 Å². The van der Waals surface area contributed by atoms with E-state index < -0.39 is 48.6 Å². The van der Waals surface area contributed by atoms with E-state index in [1.165, 1.54) is 86.1 Å². The second kappa shape index (κ2) is 56.4. The molecule has 12 aromatic carbocycles. The molecule has 0 radical (unpaired) electrons. The maximum Gasteiger partial charge on any atom is 0.418 e. The van der Waals surface area contributed by atoms with Gasteiger partial charge in [0.2, 0.25) is 0 Å². The van der Waals surface area contributed by atoms with E-state index in [2.05, 4.69) is 129 Å². The summed E-state index contributed by atoms with van der Waals surface area (Å²) in [5, 5.41) is 16.2. The number of thiocarbonyl (C=S) groups is 1. The fourth-order valence-corrected chi connectivity index (χ4v) is 14.9. The van der Waals surface area contributed by atoms with Crippen LogP contribution in [0.5, 0.6) is 46.0 Å². The van der Waals surface area contributed by atoms with Gasteiger partial charge in [-0.05, 0) is 232 Å². The molecule has 6 N–H and O–H groups in total. The Morgan fingerprint density at radius 3 is 0.965 bits per heavy atom. The smallest absolute Gasteiger partial charge is 0.418 e. The summed E-state index contributed by atoms with van der Waals surface area (Å²) in [4.78, 5) is 57.8. The SMILES string of the molecule is CCOc1cccc(COc2ccc(C)cc2C)c1NC(=O)OC.COC(=O)Nc1c(COc2ccc(C)cc2C)cccc1C(F)(F)F.COC(=O)Nc1c(COc2ccc(C)cc2C)cccc1C(F)F.COC(=O)Nc1c(COc2ccc(C)cc2C)cccc1C1CC1.COC(=O)Nc1c(COc2ccc(C)cc2C)cccc1OC.COC(=S)Nc1ccc(C(C)C)cc1COc1ccc(C)cc1C. The van der Waals surface area contributed by atoms with Crippen molar-refractivity contribution in [1.82, 2.24) is 0 Å². The monoisotopic (exact) mass is 2000 g/mol. The van der Waals surface area contributed by atoms with Crippen molar-refractivity contribution in [3.63, 3.8) is 0 Å². The first-order valence-corrected chi connectivity index (χ1v) is 46.7. The Labute approximate surface area is 845 Å². The summed E-state index contributed by atoms with van der Waals surface area (Å²) in [6.07, 6.45) is -8.35. The van der Waals surface area contributed by atoms with E-state index in [1.54, 1.807) is 38.5 Å². The van der Waals surface area contributed by atoms with E-state index in [9.17, 15) is 45.9 Å². The van der Waals surface area contributed by atoms with Crippen LogP contribution >= 0.6 is 12.2 Å². The maximum atomic E-state index is 13.2. The Bertz CT molecular complexity index is 6160. The molecular formula is C113H129F5N6O19S. The number of nitrogens with one attached hydrogen (secondary N) is 6. The lowest BCUT2D eigenvalue weighted by Crippen LogP contribution is -2.18. The van der Waals surface area contributed by atoms with Crippen molar-refractivity contribution in [2.45, 2.75) is 181 Å². The van der Waals surface area contributed by atoms with Gasteiger partial charge in [0.25, 0.3) is 11.6 Å². The van der Waals surface area contributed by atoms with Crippen molar-refractivity contribution >= 4 is 82.0 Å². The van der Waals surface area contributed by atoms with Crippen LogP contribution in [-0.2, 0) is 74.2 Å². The number of carbonyl (C=O) groups is 5. The van der Waals surface area contributed by atoms with Crippen LogP contribution in [0.1, 0.15) is 174 Å². The summed E-state index contributed by atoms with van der Waals surface area (Å²) < 4.78 is 140. The number of anilines is 6. The fraction of sp³-hybridized carbons (Fsp3) is 0.310. The Balaban J connectivity index is 0.000000211. The summed E-state index contributed by atoms with van der Waals surface area (Å²) in [6, 6.07) is 67.0. The number of halogens is 5. The van der Waals surface area contributed by atoms with Gasteiger partial charge < -0.3 is 71.6 Å². The first-order valence-electron chi connectivity index (χ1n) is 46.3. The number of carbonyl (C=O) groups excluding carboxylic acids is 5. The zero-order chi connectivity index (χ0) is 105. The third-order valence-corrected chi connectivity index (χ3v) is 22.6. The molecule has 0 spiro atoms. The molecule has 1 saturated carbocycles. The first kappa shape index (κ1) is 114. The van der Waals surface area contributed by atoms with Crippen LogP contribution in [0, 0.1) is 83.1 Å². The van der Waals surface area contributed by atoms with Gasteiger partial charge in [0.05, 0.1) is 90.4 Å². The number of benzene rings is 12. The number of ether oxygens (including phenoxy) is 14. The minimum atomic E-state index is -4.62. The van der Waals surface area contributed by atoms with Gasteiger partial charge >= 0.3 is 36.6 Å². The molecule has 1 aliphatic rings. The molecular weight excluding hydrogens is 1870 g/mol. The van der Waals surface area contributed by atoms with Gasteiger partial charge in [-0.2, -0.15) is 13.2 Å². The molecule has 31 heteroatoms. The lowest BCUT2D eigenvalue weighted by molar-refractivity contribution is -0.137. The van der Waals surface area contributed by atoms with E-state index in [1.807, 2.05) is 184 Å². The number of amides is 5. The molecule has 1 fully saturated rings. The molecule has 0 bridgehead atoms. The highest BCUT2D eigenvalue weighted by Gasteiger charge is 2.36. The van der Waals surface area contributed by atoms with Crippen LogP contribution in [-0.4, -0.2) is 92.0 Å². The molecule has 0 aromatic heterocycles. The standard InChI is InChI=1S/C20H23NO3.C20H25NO2S.C19H23NO4.C18H18F3NO3.C18H19F2NO3.C18H21NO4/c1-13-7-10-18(14(2)11-13)24-12-16-5-4-6-17(15-8-9-15)19(16)21-20(22)23-3;1-13(2)16-7-8-18(21-20(24)22-5)17(11-16)12-23-19-9-6-14(3)10-15(19)4;1-5-23-17-8-6-7-15(18(17)20-19(21)22-4)12-24-16-10-9-13(2)11-14(16)3;1-11-7-8-15(12(2)9-11)25-10-13-5-4-6-14(18(19,20)21)16(13)22-17(23)24-3;1-11-7-8-15(12(2)9-11)24-10-13-5-4-6-14(17(19)20)16(13)21-18(22)23-3;1-12-8-9-15(13(2)10-12)23-11-14-6-5-7-16(21-3)17(14)19-18(20)22-4/h4-7,10-11,15H,8-9,12H2,1-3H3,(H,21,22);6-11,13H,12H2,1-5H3,(H,21,24);6-11H,5,12H2,1-4H3,(H,20,21);4-9H,10H2,1-3H3,(H,22,23);4-9,17H,10H2,1-3H3,(H,21,22);5-10H,11H2,1-4H3,(H,19,20). The number of hydrogen-bond donors (Lipinski definition) is 6. The van der Waals surface area contributed by atoms with E-state index >= 15 is 0 Å². The second-order valence-corrected chi connectivity index (χ2v) is 34.4. The van der Waals surface area contributed by atoms with Crippen molar-refractivity contribution in [3.8, 4) is 46.0 Å². The summed E-state index contributed by atoms with van der Waals surface area (Å²) in [7, 11) is 9.38. The Morgan fingerprint density at radius 2 is 0.639 bits per heavy atom. The lowest BCUT2D eigenvalue weighted by Gasteiger charge is -2.18. The zero-order valence-electron chi connectivity index (χ0n) is 85.4. The second-order valence-electron chi connectivity index (χ2n) is 34.0. The molecule has 144 heavy (non-hydrogen) atoms. The summed E-state index contributed by atoms with van der Waals surface area (Å²) in [5.74, 6) is 6.72. The average molecular weight is 2000 g/mol. The molecule has 25 nitrogen and oxygen atoms in total. The summed E-state index contributed by atoms with van der Waals surface area (Å²) in [5.41, 5.74) is 21.1. The minimum Gasteiger partial charge on any atom is -0.495 e. The van der Waals surface area contributed by atoms with Gasteiger partial charge in [0, 0.05) is 44.6 Å². The highest BCUT2D eigenvalue weighted by molar-refractivity contribution is 7.80. The molecule has 0 saturated heterocycles. The summed E-state index contributed by atoms with van der Waals surface area (Å²) >= 11 is 5.12. The van der Waals surface area contributed by atoms with Crippen LogP contribution < -0.4 is 69.8 Å². The quantitative estimate of drug-likeness (QED) is 0.0139. The van der Waals surface area contributed by atoms with Gasteiger partial charge in [-0.1, -0.05) is 205 Å². The predicted octanol–water partition coefficient (Wildman–Crippen LogP) is 28.9. The topological polar surface area (TPSA) is 287 Å². The number of alkyl halides is 5. The van der Waals surface area contributed by atoms with Gasteiger partial charge in [-0.3, -0.25) is 26.6 Å². The molecule has 766 valence electrons. The van der Waals surface area contributed by atoms with Crippen molar-refractivity contribution in [3.05, 3.63) is 341 Å². The highest BCUT2D eigenvalue weighted by Crippen LogP contribution is 2.46. The number of hydrogen-bond acceptors (Lipinski definition) is 20. The van der Waals surface area contributed by atoms with Crippen LogP contribution in [0.3, 0.4) is 0 Å². The Morgan fingerprint density at radius 1 is 0.333 bits per heavy atom. The lowest BCUT2D eigenvalue weighted by atomic mass is 10.00. The van der Waals surface area contributed by atoms with Crippen molar-refractivity contribution in [2.24, 2.45) is 0 Å². The van der Waals surface area contributed by atoms with Crippen molar-refractivity contribution in [1.29, 1.82) is 0 Å². The molecule has 13 rings (SSSR count). The predicted molar refractivity (Wildman–Crippen MR) is 557 cm³/mol. The molecule has 0 heterocycles. The molecule has 0 aliphatic heterocycles. The number of aryl methyl sites for hydroxylation is 12. The number of rotatable bonds is 30. The van der Waals surface area contributed by atoms with E-state index in [4.69, 9.17) is 64.3 Å². The van der Waals surface area contributed by atoms with Crippen LogP contribution in [0.15, 0.2) is 218 Å². The van der Waals surface area contributed by atoms with Gasteiger partial charge in [-0.25, -0.2) is 32.8 Å². The van der Waals surface area contributed by atoms with Crippen LogP contribution in [0.25, 0.3) is 0 Å². The normalized spacial score (nSPS) is 11.0. The molecule has 0 unspecified atom stereocenters. The zero-order valence-corrected chi connectivity index (χ0v) is 86.3. The third-order valence-electron chi connectivity index (χ3n) is 22.4. The molecule has 1 aliphatic carbocycles. The molecule has 12 aromatic rings.